The molecule has 0 spiro atoms. The first-order valence-corrected chi connectivity index (χ1v) is 9.42. The summed E-state index contributed by atoms with van der Waals surface area (Å²) in [7, 11) is 0.540. The Labute approximate surface area is 164 Å². The fourth-order valence-corrected chi connectivity index (χ4v) is 3.33. The number of nitrogens with zero attached hydrogens (tertiary/aromatic N) is 1. The number of hydrogen-bond donors (Lipinski definition) is 1. The molecule has 7 nitrogen and oxygen atoms in total. The first-order valence-electron chi connectivity index (χ1n) is 9.42. The number of hydrogen-bond acceptors (Lipinski definition) is 5. The number of likely N-dealkylation sites (tertiary alicyclic amines) is 1. The lowest BCUT2D eigenvalue weighted by molar-refractivity contribution is 0.00578. The van der Waals surface area contributed by atoms with E-state index in [1.807, 2.05) is 27.7 Å². The van der Waals surface area contributed by atoms with Gasteiger partial charge in [-0.15, -0.1) is 0 Å². The molecule has 2 fully saturated rings. The first kappa shape index (κ1) is 20.7. The third-order valence-electron chi connectivity index (χ3n) is 5.81. The van der Waals surface area contributed by atoms with E-state index in [9.17, 15) is 4.79 Å². The van der Waals surface area contributed by atoms with Crippen LogP contribution < -0.4 is 14.9 Å². The van der Waals surface area contributed by atoms with Gasteiger partial charge >= 0.3 is 13.2 Å². The Hall–Kier alpha value is -2.00. The Kier molecular flexibility index (Phi) is 5.51. The lowest BCUT2D eigenvalue weighted by atomic mass is 9.78. The molecule has 0 aliphatic carbocycles. The topological polar surface area (TPSA) is 77.5 Å². The largest absolute Gasteiger partial charge is 0.498 e. The predicted octanol–water partition coefficient (Wildman–Crippen LogP) is 2.65. The zero-order valence-electron chi connectivity index (χ0n) is 17.0. The van der Waals surface area contributed by atoms with Gasteiger partial charge in [-0.2, -0.15) is 0 Å². The molecule has 0 radical (unpaired) electrons. The van der Waals surface area contributed by atoms with Crippen molar-refractivity contribution in [2.24, 2.45) is 0 Å². The van der Waals surface area contributed by atoms with E-state index in [-0.39, 0.29) is 23.1 Å². The normalized spacial score (nSPS) is 21.6. The van der Waals surface area contributed by atoms with E-state index in [1.165, 1.54) is 12.0 Å². The van der Waals surface area contributed by atoms with Gasteiger partial charge in [0, 0.05) is 31.4 Å². The number of piperidine rings is 1. The van der Waals surface area contributed by atoms with E-state index in [2.05, 4.69) is 0 Å². The number of halogens is 1. The molecular weight excluding hydrogens is 368 g/mol. The molecule has 1 aromatic carbocycles. The molecule has 0 atom stereocenters. The van der Waals surface area contributed by atoms with Crippen molar-refractivity contribution in [2.75, 3.05) is 20.2 Å². The molecule has 2 aliphatic rings. The SMILES string of the molecule is COc1c(OC2CCN(C(=O)O)CC2)ccc(B2OC(C)(C)C(C)(C)O2)c1F. The number of carboxylic acid groups (broad SMARTS) is 1. The second kappa shape index (κ2) is 7.44. The van der Waals surface area contributed by atoms with Gasteiger partial charge in [0.25, 0.3) is 0 Å². The lowest BCUT2D eigenvalue weighted by Crippen LogP contribution is -2.41. The maximum Gasteiger partial charge on any atom is 0.498 e. The molecule has 0 aromatic heterocycles. The highest BCUT2D eigenvalue weighted by atomic mass is 19.1. The number of carbonyl (C=O) groups is 1. The highest BCUT2D eigenvalue weighted by Gasteiger charge is 2.52. The average Bonchev–Trinajstić information content (AvgIpc) is 2.83. The van der Waals surface area contributed by atoms with E-state index in [0.717, 1.165) is 0 Å². The summed E-state index contributed by atoms with van der Waals surface area (Å²) < 4.78 is 38.2. The second-order valence-electron chi connectivity index (χ2n) is 8.18. The molecule has 3 rings (SSSR count). The summed E-state index contributed by atoms with van der Waals surface area (Å²) in [6.07, 6.45) is -0.0630. The Bertz CT molecular complexity index is 732. The van der Waals surface area contributed by atoms with Crippen LogP contribution in [-0.4, -0.2) is 60.7 Å². The summed E-state index contributed by atoms with van der Waals surface area (Å²) in [4.78, 5) is 12.4. The number of benzene rings is 1. The fourth-order valence-electron chi connectivity index (χ4n) is 3.33. The van der Waals surface area contributed by atoms with Gasteiger partial charge in [-0.3, -0.25) is 0 Å². The minimum atomic E-state index is -0.936. The zero-order valence-corrected chi connectivity index (χ0v) is 17.0. The van der Waals surface area contributed by atoms with Gasteiger partial charge in [-0.05, 0) is 33.8 Å². The highest BCUT2D eigenvalue weighted by molar-refractivity contribution is 6.62. The molecule has 28 heavy (non-hydrogen) atoms. The van der Waals surface area contributed by atoms with Gasteiger partial charge < -0.3 is 28.8 Å². The van der Waals surface area contributed by atoms with Crippen LogP contribution in [0.5, 0.6) is 11.5 Å². The van der Waals surface area contributed by atoms with Crippen LogP contribution in [0.2, 0.25) is 0 Å². The van der Waals surface area contributed by atoms with Crippen molar-refractivity contribution in [3.8, 4) is 11.5 Å². The van der Waals surface area contributed by atoms with E-state index in [4.69, 9.17) is 23.9 Å². The number of amides is 1. The molecule has 2 aliphatic heterocycles. The molecule has 9 heteroatoms. The summed E-state index contributed by atoms with van der Waals surface area (Å²) >= 11 is 0. The van der Waals surface area contributed by atoms with E-state index in [0.29, 0.717) is 25.9 Å². The fraction of sp³-hybridized carbons (Fsp3) is 0.632. The third kappa shape index (κ3) is 3.78. The molecule has 1 aromatic rings. The Balaban J connectivity index is 1.77. The van der Waals surface area contributed by atoms with Crippen molar-refractivity contribution in [3.05, 3.63) is 17.9 Å². The van der Waals surface area contributed by atoms with Crippen molar-refractivity contribution >= 4 is 18.7 Å². The highest BCUT2D eigenvalue weighted by Crippen LogP contribution is 2.38. The summed E-state index contributed by atoms with van der Waals surface area (Å²) in [6, 6.07) is 3.23. The van der Waals surface area contributed by atoms with E-state index < -0.39 is 30.2 Å². The van der Waals surface area contributed by atoms with Crippen LogP contribution in [0, 0.1) is 5.82 Å². The Morgan fingerprint density at radius 2 is 1.79 bits per heavy atom. The standard InChI is InChI=1S/C19H27BFNO6/c1-18(2)19(3,4)28-20(27-18)13-6-7-14(16(25-5)15(13)21)26-12-8-10-22(11-9-12)17(23)24/h6-7,12H,8-11H2,1-5H3,(H,23,24). The van der Waals surface area contributed by atoms with Crippen LogP contribution in [0.1, 0.15) is 40.5 Å². The molecule has 2 heterocycles. The van der Waals surface area contributed by atoms with Gasteiger partial charge in [-0.25, -0.2) is 9.18 Å². The first-order chi connectivity index (χ1) is 13.1. The summed E-state index contributed by atoms with van der Waals surface area (Å²) in [5.74, 6) is -0.302. The van der Waals surface area contributed by atoms with Gasteiger partial charge in [0.1, 0.15) is 6.10 Å². The number of ether oxygens (including phenoxy) is 2. The van der Waals surface area contributed by atoms with Crippen molar-refractivity contribution in [3.63, 3.8) is 0 Å². The van der Waals surface area contributed by atoms with Crippen molar-refractivity contribution in [1.82, 2.24) is 4.90 Å². The van der Waals surface area contributed by atoms with Crippen LogP contribution in [0.15, 0.2) is 12.1 Å². The summed E-state index contributed by atoms with van der Waals surface area (Å²) in [5.41, 5.74) is -0.904. The Morgan fingerprint density at radius 1 is 1.21 bits per heavy atom. The van der Waals surface area contributed by atoms with Gasteiger partial charge in [0.15, 0.2) is 17.3 Å². The quantitative estimate of drug-likeness (QED) is 0.790. The molecular formula is C19H27BFNO6. The van der Waals surface area contributed by atoms with Crippen molar-refractivity contribution < 1.29 is 33.1 Å². The predicted molar refractivity (Wildman–Crippen MR) is 102 cm³/mol. The second-order valence-corrected chi connectivity index (χ2v) is 8.18. The summed E-state index contributed by atoms with van der Waals surface area (Å²) in [5, 5.41) is 9.03. The van der Waals surface area contributed by atoms with Crippen LogP contribution in [0.3, 0.4) is 0 Å². The van der Waals surface area contributed by atoms with Gasteiger partial charge in [0.05, 0.1) is 18.3 Å². The maximum atomic E-state index is 15.2. The van der Waals surface area contributed by atoms with Gasteiger partial charge in [-0.1, -0.05) is 6.07 Å². The minimum Gasteiger partial charge on any atom is -0.490 e. The van der Waals surface area contributed by atoms with Crippen molar-refractivity contribution in [1.29, 1.82) is 0 Å². The summed E-state index contributed by atoms with van der Waals surface area (Å²) in [6.45, 7) is 8.39. The minimum absolute atomic E-state index is 0.00660. The molecule has 1 N–H and O–H groups in total. The molecule has 154 valence electrons. The van der Waals surface area contributed by atoms with Crippen LogP contribution >= 0.6 is 0 Å². The van der Waals surface area contributed by atoms with Crippen molar-refractivity contribution in [2.45, 2.75) is 57.8 Å². The maximum absolute atomic E-state index is 15.2. The molecule has 2 saturated heterocycles. The number of methoxy groups -OCH3 is 1. The molecule has 1 amide bonds. The molecule has 0 saturated carbocycles. The zero-order chi connectivity index (χ0) is 20.7. The average molecular weight is 395 g/mol. The smallest absolute Gasteiger partial charge is 0.490 e. The van der Waals surface area contributed by atoms with Crippen LogP contribution in [0.4, 0.5) is 9.18 Å². The number of rotatable bonds is 4. The van der Waals surface area contributed by atoms with Gasteiger partial charge in [0.2, 0.25) is 0 Å². The van der Waals surface area contributed by atoms with E-state index in [1.54, 1.807) is 12.1 Å². The van der Waals surface area contributed by atoms with E-state index >= 15 is 4.39 Å². The lowest BCUT2D eigenvalue weighted by Gasteiger charge is -2.32. The monoisotopic (exact) mass is 395 g/mol. The molecule has 0 unspecified atom stereocenters. The van der Waals surface area contributed by atoms with Crippen LogP contribution in [-0.2, 0) is 9.31 Å². The Morgan fingerprint density at radius 3 is 2.29 bits per heavy atom. The van der Waals surface area contributed by atoms with Crippen LogP contribution in [0.25, 0.3) is 0 Å². The third-order valence-corrected chi connectivity index (χ3v) is 5.81. The molecule has 0 bridgehead atoms.